The van der Waals surface area contributed by atoms with Crippen molar-refractivity contribution in [3.63, 3.8) is 0 Å². The average Bonchev–Trinajstić information content (AvgIpc) is 2.72. The summed E-state index contributed by atoms with van der Waals surface area (Å²) in [6, 6.07) is 14.8. The van der Waals surface area contributed by atoms with Gasteiger partial charge in [0.25, 0.3) is 0 Å². The number of ether oxygens (including phenoxy) is 2. The average molecular weight is 370 g/mol. The van der Waals surface area contributed by atoms with Gasteiger partial charge in [0.1, 0.15) is 11.5 Å². The third kappa shape index (κ3) is 6.69. The van der Waals surface area contributed by atoms with Crippen molar-refractivity contribution in [2.45, 2.75) is 19.3 Å². The van der Waals surface area contributed by atoms with Crippen LogP contribution in [0, 0.1) is 0 Å². The fourth-order valence-corrected chi connectivity index (χ4v) is 2.39. The summed E-state index contributed by atoms with van der Waals surface area (Å²) in [5.41, 5.74) is 6.59. The van der Waals surface area contributed by atoms with Gasteiger partial charge in [-0.3, -0.25) is 21.4 Å². The van der Waals surface area contributed by atoms with Gasteiger partial charge >= 0.3 is 0 Å². The second kappa shape index (κ2) is 10.9. The van der Waals surface area contributed by atoms with Crippen molar-refractivity contribution in [2.24, 2.45) is 0 Å². The van der Waals surface area contributed by atoms with Crippen LogP contribution in [0.25, 0.3) is 11.4 Å². The fourth-order valence-electron chi connectivity index (χ4n) is 2.39. The zero-order chi connectivity index (χ0) is 19.5. The van der Waals surface area contributed by atoms with Crippen molar-refractivity contribution in [3.8, 4) is 11.5 Å². The minimum Gasteiger partial charge on any atom is -0.494 e. The van der Waals surface area contributed by atoms with E-state index in [0.717, 1.165) is 41.9 Å². The van der Waals surface area contributed by atoms with Gasteiger partial charge in [-0.1, -0.05) is 13.2 Å². The molecule has 27 heavy (non-hydrogen) atoms. The number of hydrogen-bond donors (Lipinski definition) is 4. The molecule has 0 saturated heterocycles. The first-order chi connectivity index (χ1) is 13.1. The summed E-state index contributed by atoms with van der Waals surface area (Å²) in [4.78, 5) is 0. The molecule has 4 N–H and O–H groups in total. The van der Waals surface area contributed by atoms with Crippen LogP contribution in [0.5, 0.6) is 11.5 Å². The quantitative estimate of drug-likeness (QED) is 0.331. The molecular weight excluding hydrogens is 344 g/mol. The minimum absolute atomic E-state index is 0.450. The van der Waals surface area contributed by atoms with Crippen LogP contribution in [-0.2, 0) is 0 Å². The van der Waals surface area contributed by atoms with Gasteiger partial charge in [-0.2, -0.15) is 0 Å². The van der Waals surface area contributed by atoms with Crippen LogP contribution in [0.1, 0.15) is 30.4 Å². The van der Waals surface area contributed by atoms with Crippen LogP contribution in [0.3, 0.4) is 0 Å². The largest absolute Gasteiger partial charge is 0.494 e. The van der Waals surface area contributed by atoms with E-state index in [1.807, 2.05) is 59.5 Å². The fraction of sp³-hybridized carbons (Fsp3) is 0.238. The standard InChI is InChI=1S/C21H26N2O4/c1-16(22-24)18-6-10-20(11-7-18)26-14-4-3-5-15-27-21-12-8-19(9-13-21)17(2)23-25/h6-13,22-25H,1-5,14-15H2. The molecule has 2 aromatic carbocycles. The van der Waals surface area contributed by atoms with Crippen molar-refractivity contribution in [2.75, 3.05) is 13.2 Å². The monoisotopic (exact) mass is 370 g/mol. The first-order valence-electron chi connectivity index (χ1n) is 8.78. The van der Waals surface area contributed by atoms with Crippen LogP contribution < -0.4 is 20.4 Å². The first kappa shape index (κ1) is 20.4. The summed E-state index contributed by atoms with van der Waals surface area (Å²) in [5, 5.41) is 17.6. The summed E-state index contributed by atoms with van der Waals surface area (Å²) < 4.78 is 11.4. The lowest BCUT2D eigenvalue weighted by Gasteiger charge is -2.09. The van der Waals surface area contributed by atoms with Gasteiger partial charge in [-0.15, -0.1) is 0 Å². The summed E-state index contributed by atoms with van der Waals surface area (Å²) >= 11 is 0. The van der Waals surface area contributed by atoms with Crippen molar-refractivity contribution in [1.29, 1.82) is 0 Å². The molecule has 6 nitrogen and oxygen atoms in total. The first-order valence-corrected chi connectivity index (χ1v) is 8.78. The van der Waals surface area contributed by atoms with Gasteiger partial charge in [0.05, 0.1) is 24.6 Å². The highest BCUT2D eigenvalue weighted by atomic mass is 16.5. The molecule has 0 fully saturated rings. The molecular formula is C21H26N2O4. The highest BCUT2D eigenvalue weighted by molar-refractivity contribution is 5.61. The van der Waals surface area contributed by atoms with Crippen LogP contribution in [0.2, 0.25) is 0 Å². The number of unbranched alkanes of at least 4 members (excludes halogenated alkanes) is 2. The molecule has 0 bridgehead atoms. The topological polar surface area (TPSA) is 83.0 Å². The van der Waals surface area contributed by atoms with E-state index in [2.05, 4.69) is 13.2 Å². The van der Waals surface area contributed by atoms with Gasteiger partial charge < -0.3 is 9.47 Å². The van der Waals surface area contributed by atoms with Gasteiger partial charge in [0.15, 0.2) is 0 Å². The third-order valence-electron chi connectivity index (χ3n) is 4.00. The predicted octanol–water partition coefficient (Wildman–Crippen LogP) is 4.21. The molecule has 0 aliphatic heterocycles. The van der Waals surface area contributed by atoms with E-state index in [0.29, 0.717) is 24.6 Å². The molecule has 0 saturated carbocycles. The lowest BCUT2D eigenvalue weighted by molar-refractivity contribution is 0.225. The van der Waals surface area contributed by atoms with Crippen LogP contribution in [0.15, 0.2) is 61.7 Å². The van der Waals surface area contributed by atoms with Gasteiger partial charge in [0, 0.05) is 0 Å². The van der Waals surface area contributed by atoms with Gasteiger partial charge in [0.2, 0.25) is 0 Å². The molecule has 0 spiro atoms. The highest BCUT2D eigenvalue weighted by Crippen LogP contribution is 2.17. The Labute approximate surface area is 159 Å². The smallest absolute Gasteiger partial charge is 0.119 e. The van der Waals surface area contributed by atoms with E-state index in [1.54, 1.807) is 0 Å². The summed E-state index contributed by atoms with van der Waals surface area (Å²) in [5.74, 6) is 1.58. The Morgan fingerprint density at radius 2 is 1.04 bits per heavy atom. The number of rotatable bonds is 12. The second-order valence-corrected chi connectivity index (χ2v) is 5.99. The summed E-state index contributed by atoms with van der Waals surface area (Å²) in [7, 11) is 0. The second-order valence-electron chi connectivity index (χ2n) is 5.99. The number of benzene rings is 2. The Balaban J connectivity index is 1.58. The van der Waals surface area contributed by atoms with Crippen molar-refractivity contribution in [1.82, 2.24) is 11.0 Å². The summed E-state index contributed by atoms with van der Waals surface area (Å²) in [6.07, 6.45) is 2.89. The number of hydroxylamine groups is 2. The van der Waals surface area contributed by atoms with Gasteiger partial charge in [-0.05, 0) is 78.9 Å². The Morgan fingerprint density at radius 3 is 1.37 bits per heavy atom. The Kier molecular flexibility index (Phi) is 8.22. The molecule has 0 aliphatic carbocycles. The molecule has 0 unspecified atom stereocenters. The lowest BCUT2D eigenvalue weighted by Crippen LogP contribution is -2.04. The van der Waals surface area contributed by atoms with E-state index in [9.17, 15) is 0 Å². The normalized spacial score (nSPS) is 10.1. The zero-order valence-electron chi connectivity index (χ0n) is 15.3. The zero-order valence-corrected chi connectivity index (χ0v) is 15.3. The Hall–Kier alpha value is -2.96. The lowest BCUT2D eigenvalue weighted by atomic mass is 10.2. The predicted molar refractivity (Wildman–Crippen MR) is 106 cm³/mol. The summed E-state index contributed by atoms with van der Waals surface area (Å²) in [6.45, 7) is 8.65. The maximum absolute atomic E-state index is 8.81. The Bertz CT molecular complexity index is 663. The van der Waals surface area contributed by atoms with Crippen molar-refractivity contribution < 1.29 is 19.9 Å². The SMILES string of the molecule is C=C(NO)c1ccc(OCCCCCOc2ccc(C(=C)NO)cc2)cc1. The molecule has 2 aromatic rings. The molecule has 6 heteroatoms. The van der Waals surface area contributed by atoms with E-state index in [4.69, 9.17) is 19.9 Å². The maximum Gasteiger partial charge on any atom is 0.119 e. The maximum atomic E-state index is 8.81. The molecule has 144 valence electrons. The van der Waals surface area contributed by atoms with E-state index in [-0.39, 0.29) is 0 Å². The third-order valence-corrected chi connectivity index (χ3v) is 4.00. The minimum atomic E-state index is 0.450. The molecule has 0 atom stereocenters. The van der Waals surface area contributed by atoms with Crippen molar-refractivity contribution in [3.05, 3.63) is 72.8 Å². The van der Waals surface area contributed by atoms with E-state index in [1.165, 1.54) is 0 Å². The van der Waals surface area contributed by atoms with Crippen LogP contribution in [0.4, 0.5) is 0 Å². The van der Waals surface area contributed by atoms with E-state index >= 15 is 0 Å². The number of nitrogens with one attached hydrogen (secondary N) is 2. The van der Waals surface area contributed by atoms with Gasteiger partial charge in [-0.25, -0.2) is 0 Å². The van der Waals surface area contributed by atoms with Crippen LogP contribution in [-0.4, -0.2) is 23.6 Å². The highest BCUT2D eigenvalue weighted by Gasteiger charge is 2.00. The van der Waals surface area contributed by atoms with Crippen molar-refractivity contribution >= 4 is 11.4 Å². The molecule has 0 aliphatic rings. The van der Waals surface area contributed by atoms with Crippen LogP contribution >= 0.6 is 0 Å². The van der Waals surface area contributed by atoms with E-state index < -0.39 is 0 Å². The molecule has 0 radical (unpaired) electrons. The number of hydrogen-bond acceptors (Lipinski definition) is 6. The molecule has 0 aromatic heterocycles. The molecule has 0 amide bonds. The molecule has 0 heterocycles. The Morgan fingerprint density at radius 1 is 0.667 bits per heavy atom. The molecule has 2 rings (SSSR count).